The first-order valence-electron chi connectivity index (χ1n) is 9.14. The van der Waals surface area contributed by atoms with Crippen molar-refractivity contribution in [2.45, 2.75) is 36.8 Å². The van der Waals surface area contributed by atoms with Crippen LogP contribution in [0, 0.1) is 0 Å². The minimum atomic E-state index is -3.07. The van der Waals surface area contributed by atoms with E-state index >= 15 is 0 Å². The van der Waals surface area contributed by atoms with Crippen LogP contribution < -0.4 is 5.32 Å². The van der Waals surface area contributed by atoms with Crippen LogP contribution in [0.2, 0.25) is 0 Å². The van der Waals surface area contributed by atoms with Crippen molar-refractivity contribution in [1.29, 1.82) is 0 Å². The molecule has 144 valence electrons. The molecule has 1 saturated heterocycles. The van der Waals surface area contributed by atoms with Crippen LogP contribution in [0.3, 0.4) is 0 Å². The molecule has 1 N–H and O–H groups in total. The maximum absolute atomic E-state index is 12.3. The molecule has 3 rings (SSSR count). The number of hydrogen-bond donors (Lipinski definition) is 1. The SMILES string of the molecule is CN(C)C1(c2ccccc2)CCC2(CC1)CN(CCS(C)(=O)=O)C(=O)N2. The van der Waals surface area contributed by atoms with E-state index < -0.39 is 9.84 Å². The summed E-state index contributed by atoms with van der Waals surface area (Å²) in [6.07, 6.45) is 4.92. The fourth-order valence-corrected chi connectivity index (χ4v) is 4.96. The molecule has 1 aromatic rings. The Kier molecular flexibility index (Phi) is 5.05. The lowest BCUT2D eigenvalue weighted by atomic mass is 9.69. The number of rotatable bonds is 5. The fourth-order valence-electron chi connectivity index (χ4n) is 4.41. The summed E-state index contributed by atoms with van der Waals surface area (Å²) >= 11 is 0. The topological polar surface area (TPSA) is 69.7 Å². The van der Waals surface area contributed by atoms with Crippen molar-refractivity contribution in [3.63, 3.8) is 0 Å². The van der Waals surface area contributed by atoms with Crippen molar-refractivity contribution in [3.8, 4) is 0 Å². The Balaban J connectivity index is 1.72. The first-order chi connectivity index (χ1) is 12.2. The molecule has 1 aliphatic heterocycles. The second kappa shape index (κ2) is 6.85. The molecule has 26 heavy (non-hydrogen) atoms. The molecule has 0 unspecified atom stereocenters. The Bertz CT molecular complexity index is 753. The fraction of sp³-hybridized carbons (Fsp3) is 0.632. The smallest absolute Gasteiger partial charge is 0.318 e. The highest BCUT2D eigenvalue weighted by atomic mass is 32.2. The quantitative estimate of drug-likeness (QED) is 0.847. The zero-order valence-electron chi connectivity index (χ0n) is 15.9. The van der Waals surface area contributed by atoms with Gasteiger partial charge in [-0.05, 0) is 45.3 Å². The van der Waals surface area contributed by atoms with E-state index in [2.05, 4.69) is 48.6 Å². The van der Waals surface area contributed by atoms with E-state index in [-0.39, 0.29) is 29.4 Å². The number of urea groups is 1. The van der Waals surface area contributed by atoms with Crippen LogP contribution in [0.1, 0.15) is 31.2 Å². The van der Waals surface area contributed by atoms with Gasteiger partial charge in [0.25, 0.3) is 0 Å². The van der Waals surface area contributed by atoms with Gasteiger partial charge in [-0.3, -0.25) is 4.90 Å². The summed E-state index contributed by atoms with van der Waals surface area (Å²) in [5.74, 6) is 0.0160. The Hall–Kier alpha value is -1.60. The zero-order chi connectivity index (χ0) is 19.0. The largest absolute Gasteiger partial charge is 0.331 e. The molecule has 2 aliphatic rings. The molecule has 2 amide bonds. The molecule has 2 fully saturated rings. The molecular formula is C19H29N3O3S. The molecule has 1 saturated carbocycles. The molecule has 0 radical (unpaired) electrons. The molecule has 0 aromatic heterocycles. The average molecular weight is 380 g/mol. The maximum Gasteiger partial charge on any atom is 0.318 e. The predicted molar refractivity (Wildman–Crippen MR) is 103 cm³/mol. The minimum Gasteiger partial charge on any atom is -0.331 e. The van der Waals surface area contributed by atoms with Crippen molar-refractivity contribution in [3.05, 3.63) is 35.9 Å². The van der Waals surface area contributed by atoms with E-state index in [0.29, 0.717) is 6.54 Å². The van der Waals surface area contributed by atoms with E-state index in [1.54, 1.807) is 4.90 Å². The van der Waals surface area contributed by atoms with E-state index in [0.717, 1.165) is 25.7 Å². The minimum absolute atomic E-state index is 0.0160. The van der Waals surface area contributed by atoms with Crippen LogP contribution in [0.5, 0.6) is 0 Å². The molecule has 0 atom stereocenters. The van der Waals surface area contributed by atoms with Gasteiger partial charge in [0.05, 0.1) is 11.3 Å². The van der Waals surface area contributed by atoms with Gasteiger partial charge in [-0.2, -0.15) is 0 Å². The highest BCUT2D eigenvalue weighted by molar-refractivity contribution is 7.90. The Labute approximate surface area is 156 Å². The van der Waals surface area contributed by atoms with Gasteiger partial charge in [0.15, 0.2) is 0 Å². The monoisotopic (exact) mass is 379 g/mol. The molecule has 1 aliphatic carbocycles. The number of hydrogen-bond acceptors (Lipinski definition) is 4. The molecule has 1 heterocycles. The normalized spacial score (nSPS) is 29.4. The molecule has 1 aromatic carbocycles. The number of nitrogens with one attached hydrogen (secondary N) is 1. The summed E-state index contributed by atoms with van der Waals surface area (Å²) in [6.45, 7) is 0.865. The second-order valence-electron chi connectivity index (χ2n) is 8.05. The van der Waals surface area contributed by atoms with Crippen molar-refractivity contribution >= 4 is 15.9 Å². The second-order valence-corrected chi connectivity index (χ2v) is 10.3. The Morgan fingerprint density at radius 3 is 2.27 bits per heavy atom. The number of sulfone groups is 1. The van der Waals surface area contributed by atoms with Crippen molar-refractivity contribution in [2.75, 3.05) is 39.2 Å². The summed E-state index contributed by atoms with van der Waals surface area (Å²) in [7, 11) is 1.17. The van der Waals surface area contributed by atoms with Gasteiger partial charge in [-0.1, -0.05) is 30.3 Å². The molecule has 7 heteroatoms. The highest BCUT2D eigenvalue weighted by Crippen LogP contribution is 2.45. The van der Waals surface area contributed by atoms with Gasteiger partial charge in [-0.25, -0.2) is 13.2 Å². The number of nitrogens with zero attached hydrogens (tertiary/aromatic N) is 2. The van der Waals surface area contributed by atoms with Crippen LogP contribution in [0.15, 0.2) is 30.3 Å². The van der Waals surface area contributed by atoms with Crippen LogP contribution in [0.25, 0.3) is 0 Å². The Morgan fingerprint density at radius 2 is 1.73 bits per heavy atom. The standard InChI is InChI=1S/C19H29N3O3S/c1-21(2)19(16-7-5-4-6-8-16)11-9-18(10-12-19)15-22(17(23)20-18)13-14-26(3,24)25/h4-8H,9-15H2,1-3H3,(H,20,23). The lowest BCUT2D eigenvalue weighted by Gasteiger charge is -2.48. The number of carbonyl (C=O) groups is 1. The Morgan fingerprint density at radius 1 is 1.12 bits per heavy atom. The highest BCUT2D eigenvalue weighted by Gasteiger charge is 2.49. The first kappa shape index (κ1) is 19.2. The number of carbonyl (C=O) groups excluding carboxylic acids is 1. The number of benzene rings is 1. The van der Waals surface area contributed by atoms with Crippen molar-refractivity contribution in [1.82, 2.24) is 15.1 Å². The lowest BCUT2D eigenvalue weighted by molar-refractivity contribution is 0.0622. The summed E-state index contributed by atoms with van der Waals surface area (Å²) in [5, 5.41) is 3.16. The molecule has 6 nitrogen and oxygen atoms in total. The van der Waals surface area contributed by atoms with Gasteiger partial charge < -0.3 is 10.2 Å². The predicted octanol–water partition coefficient (Wildman–Crippen LogP) is 1.83. The number of amides is 2. The third kappa shape index (κ3) is 3.74. The molecule has 0 bridgehead atoms. The third-order valence-electron chi connectivity index (χ3n) is 6.09. The van der Waals surface area contributed by atoms with Gasteiger partial charge in [0.1, 0.15) is 9.84 Å². The van der Waals surface area contributed by atoms with Crippen LogP contribution >= 0.6 is 0 Å². The van der Waals surface area contributed by atoms with Gasteiger partial charge in [0.2, 0.25) is 0 Å². The van der Waals surface area contributed by atoms with E-state index in [9.17, 15) is 13.2 Å². The van der Waals surface area contributed by atoms with E-state index in [1.165, 1.54) is 11.8 Å². The van der Waals surface area contributed by atoms with E-state index in [1.807, 2.05) is 6.07 Å². The van der Waals surface area contributed by atoms with Crippen LogP contribution in [-0.2, 0) is 15.4 Å². The van der Waals surface area contributed by atoms with Crippen molar-refractivity contribution in [2.24, 2.45) is 0 Å². The lowest BCUT2D eigenvalue weighted by Crippen LogP contribution is -2.54. The molecular weight excluding hydrogens is 350 g/mol. The van der Waals surface area contributed by atoms with Crippen LogP contribution in [-0.4, -0.2) is 69.0 Å². The summed E-state index contributed by atoms with van der Waals surface area (Å²) in [6, 6.07) is 10.4. The third-order valence-corrected chi connectivity index (χ3v) is 7.01. The first-order valence-corrected chi connectivity index (χ1v) is 11.2. The molecule has 1 spiro atoms. The van der Waals surface area contributed by atoms with Gasteiger partial charge >= 0.3 is 6.03 Å². The summed E-state index contributed by atoms with van der Waals surface area (Å²) in [5.41, 5.74) is 1.07. The zero-order valence-corrected chi connectivity index (χ0v) is 16.7. The summed E-state index contributed by atoms with van der Waals surface area (Å²) < 4.78 is 22.8. The van der Waals surface area contributed by atoms with Crippen LogP contribution in [0.4, 0.5) is 4.79 Å². The van der Waals surface area contributed by atoms with Gasteiger partial charge in [-0.15, -0.1) is 0 Å². The van der Waals surface area contributed by atoms with Crippen molar-refractivity contribution < 1.29 is 13.2 Å². The maximum atomic E-state index is 12.3. The summed E-state index contributed by atoms with van der Waals surface area (Å²) in [4.78, 5) is 16.3. The van der Waals surface area contributed by atoms with Gasteiger partial charge in [0, 0.05) is 24.9 Å². The van der Waals surface area contributed by atoms with E-state index in [4.69, 9.17) is 0 Å². The average Bonchev–Trinajstić information content (AvgIpc) is 2.89.